The van der Waals surface area contributed by atoms with Gasteiger partial charge in [-0.2, -0.15) is 0 Å². The molecule has 102 valence electrons. The summed E-state index contributed by atoms with van der Waals surface area (Å²) in [5, 5.41) is 11.3. The van der Waals surface area contributed by atoms with Gasteiger partial charge in [0.15, 0.2) is 5.82 Å². The first kappa shape index (κ1) is 12.5. The number of hydrogen-bond donors (Lipinski definition) is 1. The Morgan fingerprint density at radius 1 is 1.20 bits per heavy atom. The molecule has 5 nitrogen and oxygen atoms in total. The molecule has 1 aromatic carbocycles. The summed E-state index contributed by atoms with van der Waals surface area (Å²) < 4.78 is 7.30. The number of anilines is 1. The van der Waals surface area contributed by atoms with E-state index in [4.69, 9.17) is 4.42 Å². The zero-order valence-corrected chi connectivity index (χ0v) is 11.5. The Bertz CT molecular complexity index is 697. The summed E-state index contributed by atoms with van der Waals surface area (Å²) in [6.07, 6.45) is 3.41. The van der Waals surface area contributed by atoms with Gasteiger partial charge in [-0.1, -0.05) is 0 Å². The average molecular weight is 268 g/mol. The fourth-order valence-corrected chi connectivity index (χ4v) is 2.05. The number of benzene rings is 1. The lowest BCUT2D eigenvalue weighted by molar-refractivity contribution is 0.515. The molecule has 20 heavy (non-hydrogen) atoms. The lowest BCUT2D eigenvalue weighted by atomic mass is 10.2. The van der Waals surface area contributed by atoms with Crippen molar-refractivity contribution in [2.75, 3.05) is 5.32 Å². The average Bonchev–Trinajstić information content (AvgIpc) is 3.06. The third kappa shape index (κ3) is 2.42. The van der Waals surface area contributed by atoms with Crippen LogP contribution in [0.15, 0.2) is 47.3 Å². The predicted molar refractivity (Wildman–Crippen MR) is 77.2 cm³/mol. The molecule has 0 spiro atoms. The molecule has 2 heterocycles. The van der Waals surface area contributed by atoms with E-state index in [0.29, 0.717) is 6.54 Å². The minimum absolute atomic E-state index is 0.683. The number of aromatic nitrogens is 3. The number of rotatable bonds is 4. The van der Waals surface area contributed by atoms with Crippen LogP contribution in [0.4, 0.5) is 5.69 Å². The van der Waals surface area contributed by atoms with E-state index in [0.717, 1.165) is 28.4 Å². The molecule has 0 unspecified atom stereocenters. The van der Waals surface area contributed by atoms with Crippen molar-refractivity contribution in [2.45, 2.75) is 13.5 Å². The lowest BCUT2D eigenvalue weighted by Gasteiger charge is -2.06. The van der Waals surface area contributed by atoms with Crippen molar-refractivity contribution in [3.05, 3.63) is 54.2 Å². The van der Waals surface area contributed by atoms with Gasteiger partial charge < -0.3 is 14.3 Å². The molecule has 1 N–H and O–H groups in total. The van der Waals surface area contributed by atoms with Gasteiger partial charge in [0.05, 0.1) is 12.8 Å². The smallest absolute Gasteiger partial charge is 0.163 e. The van der Waals surface area contributed by atoms with Gasteiger partial charge in [-0.05, 0) is 42.8 Å². The van der Waals surface area contributed by atoms with Gasteiger partial charge in [-0.3, -0.25) is 0 Å². The molecule has 0 bridgehead atoms. The first-order chi connectivity index (χ1) is 9.74. The summed E-state index contributed by atoms with van der Waals surface area (Å²) in [4.78, 5) is 0. The second-order valence-corrected chi connectivity index (χ2v) is 4.72. The van der Waals surface area contributed by atoms with Gasteiger partial charge in [-0.15, -0.1) is 10.2 Å². The summed E-state index contributed by atoms with van der Waals surface area (Å²) in [5.41, 5.74) is 3.25. The largest absolute Gasteiger partial charge is 0.467 e. The Morgan fingerprint density at radius 3 is 2.60 bits per heavy atom. The van der Waals surface area contributed by atoms with Crippen molar-refractivity contribution in [3.63, 3.8) is 0 Å². The molecule has 0 amide bonds. The van der Waals surface area contributed by atoms with E-state index in [9.17, 15) is 0 Å². The van der Waals surface area contributed by atoms with E-state index < -0.39 is 0 Å². The number of aryl methyl sites for hydroxylation is 2. The molecule has 0 saturated heterocycles. The highest BCUT2D eigenvalue weighted by molar-refractivity contribution is 5.59. The van der Waals surface area contributed by atoms with Crippen LogP contribution in [0, 0.1) is 6.92 Å². The second kappa shape index (κ2) is 5.21. The maximum atomic E-state index is 5.40. The van der Waals surface area contributed by atoms with Crippen molar-refractivity contribution in [2.24, 2.45) is 7.05 Å². The molecular formula is C15H16N4O. The van der Waals surface area contributed by atoms with Crippen LogP contribution in [0.5, 0.6) is 0 Å². The fraction of sp³-hybridized carbons (Fsp3) is 0.200. The summed E-state index contributed by atoms with van der Waals surface area (Å²) in [5.74, 6) is 1.82. The van der Waals surface area contributed by atoms with E-state index in [2.05, 4.69) is 15.5 Å². The van der Waals surface area contributed by atoms with Crippen molar-refractivity contribution in [3.8, 4) is 11.4 Å². The summed E-state index contributed by atoms with van der Waals surface area (Å²) >= 11 is 0. The topological polar surface area (TPSA) is 55.9 Å². The van der Waals surface area contributed by atoms with Crippen molar-refractivity contribution in [1.29, 1.82) is 0 Å². The predicted octanol–water partition coefficient (Wildman–Crippen LogP) is 3.00. The number of furan rings is 1. The van der Waals surface area contributed by atoms with Crippen LogP contribution >= 0.6 is 0 Å². The summed E-state index contributed by atoms with van der Waals surface area (Å²) in [6, 6.07) is 10.1. The number of nitrogens with one attached hydrogen (secondary N) is 1. The van der Waals surface area contributed by atoms with Gasteiger partial charge in [0.25, 0.3) is 0 Å². The zero-order chi connectivity index (χ0) is 13.9. The first-order valence-corrected chi connectivity index (χ1v) is 6.45. The third-order valence-corrected chi connectivity index (χ3v) is 3.28. The highest BCUT2D eigenvalue weighted by atomic mass is 16.3. The maximum Gasteiger partial charge on any atom is 0.163 e. The molecule has 3 aromatic rings. The quantitative estimate of drug-likeness (QED) is 0.790. The van der Waals surface area contributed by atoms with Gasteiger partial charge in [0, 0.05) is 18.3 Å². The lowest BCUT2D eigenvalue weighted by Crippen LogP contribution is -1.99. The normalized spacial score (nSPS) is 10.7. The molecule has 0 fully saturated rings. The Kier molecular flexibility index (Phi) is 3.25. The van der Waals surface area contributed by atoms with Gasteiger partial charge in [0.2, 0.25) is 0 Å². The standard InChI is InChI=1S/C15H16N4O/c1-11-7-8-20-14(11)9-16-13-5-3-12(4-6-13)15-18-17-10-19(15)2/h3-8,10,16H,9H2,1-2H3. The molecule has 0 radical (unpaired) electrons. The van der Waals surface area contributed by atoms with E-state index in [1.807, 2.05) is 48.9 Å². The van der Waals surface area contributed by atoms with Gasteiger partial charge in [0.1, 0.15) is 12.1 Å². The van der Waals surface area contributed by atoms with Crippen LogP contribution in [-0.2, 0) is 13.6 Å². The molecule has 5 heteroatoms. The zero-order valence-electron chi connectivity index (χ0n) is 11.5. The van der Waals surface area contributed by atoms with E-state index in [1.165, 1.54) is 0 Å². The molecule has 0 aliphatic carbocycles. The minimum atomic E-state index is 0.683. The fourth-order valence-electron chi connectivity index (χ4n) is 2.05. The van der Waals surface area contributed by atoms with E-state index >= 15 is 0 Å². The van der Waals surface area contributed by atoms with Gasteiger partial charge in [-0.25, -0.2) is 0 Å². The Morgan fingerprint density at radius 2 is 2.00 bits per heavy atom. The molecule has 0 aliphatic rings. The van der Waals surface area contributed by atoms with E-state index in [-0.39, 0.29) is 0 Å². The van der Waals surface area contributed by atoms with Crippen LogP contribution in [0.1, 0.15) is 11.3 Å². The van der Waals surface area contributed by atoms with E-state index in [1.54, 1.807) is 12.6 Å². The summed E-state index contributed by atoms with van der Waals surface area (Å²) in [7, 11) is 1.93. The van der Waals surface area contributed by atoms with Gasteiger partial charge >= 0.3 is 0 Å². The molecule has 2 aromatic heterocycles. The highest BCUT2D eigenvalue weighted by Gasteiger charge is 2.05. The van der Waals surface area contributed by atoms with Crippen LogP contribution in [-0.4, -0.2) is 14.8 Å². The Hall–Kier alpha value is -2.56. The molecule has 0 aliphatic heterocycles. The molecular weight excluding hydrogens is 252 g/mol. The highest BCUT2D eigenvalue weighted by Crippen LogP contribution is 2.19. The number of hydrogen-bond acceptors (Lipinski definition) is 4. The first-order valence-electron chi connectivity index (χ1n) is 6.45. The number of nitrogens with zero attached hydrogens (tertiary/aromatic N) is 3. The van der Waals surface area contributed by atoms with Crippen molar-refractivity contribution >= 4 is 5.69 Å². The van der Waals surface area contributed by atoms with Crippen molar-refractivity contribution in [1.82, 2.24) is 14.8 Å². The van der Waals surface area contributed by atoms with Crippen LogP contribution < -0.4 is 5.32 Å². The summed E-state index contributed by atoms with van der Waals surface area (Å²) in [6.45, 7) is 2.72. The molecule has 0 atom stereocenters. The van der Waals surface area contributed by atoms with Crippen molar-refractivity contribution < 1.29 is 4.42 Å². The Labute approximate surface area is 117 Å². The Balaban J connectivity index is 1.71. The van der Waals surface area contributed by atoms with Crippen LogP contribution in [0.25, 0.3) is 11.4 Å². The minimum Gasteiger partial charge on any atom is -0.467 e. The maximum absolute atomic E-state index is 5.40. The molecule has 0 saturated carbocycles. The van der Waals surface area contributed by atoms with Crippen LogP contribution in [0.3, 0.4) is 0 Å². The SMILES string of the molecule is Cc1ccoc1CNc1ccc(-c2nncn2C)cc1. The van der Waals surface area contributed by atoms with Crippen LogP contribution in [0.2, 0.25) is 0 Å². The molecule has 3 rings (SSSR count). The third-order valence-electron chi connectivity index (χ3n) is 3.28. The second-order valence-electron chi connectivity index (χ2n) is 4.72. The monoisotopic (exact) mass is 268 g/mol.